The second-order valence-electron chi connectivity index (χ2n) is 7.85. The molecule has 1 amide bonds. The second kappa shape index (κ2) is 9.04. The number of carbonyl (C=O) groups excluding carboxylic acids is 1. The van der Waals surface area contributed by atoms with Crippen LogP contribution in [-0.2, 0) is 0 Å². The molecule has 0 spiro atoms. The van der Waals surface area contributed by atoms with Crippen LogP contribution >= 0.6 is 15.9 Å². The molecule has 4 rings (SSSR count). The third-order valence-electron chi connectivity index (χ3n) is 5.08. The number of nitrogens with one attached hydrogen (secondary N) is 1. The van der Waals surface area contributed by atoms with Crippen molar-refractivity contribution in [2.75, 3.05) is 5.32 Å². The molecule has 7 heteroatoms. The average molecular weight is 493 g/mol. The summed E-state index contributed by atoms with van der Waals surface area (Å²) in [6.45, 7) is 6.12. The minimum absolute atomic E-state index is 0.0301. The normalized spacial score (nSPS) is 11.1. The molecule has 1 heterocycles. The van der Waals surface area contributed by atoms with Crippen molar-refractivity contribution in [1.29, 1.82) is 0 Å². The predicted molar refractivity (Wildman–Crippen MR) is 128 cm³/mol. The number of aryl methyl sites for hydroxylation is 1. The summed E-state index contributed by atoms with van der Waals surface area (Å²) in [6, 6.07) is 19.4. The van der Waals surface area contributed by atoms with Crippen LogP contribution in [0.3, 0.4) is 0 Å². The van der Waals surface area contributed by atoms with Gasteiger partial charge in [-0.3, -0.25) is 4.79 Å². The van der Waals surface area contributed by atoms with Crippen molar-refractivity contribution in [2.24, 2.45) is 0 Å². The SMILES string of the molecule is Cc1ccc(-n2nc(C(=O)Nc3ccc(Br)cc3C(C)C)nc2-c2ccc(F)cc2)cc1. The highest BCUT2D eigenvalue weighted by atomic mass is 79.9. The van der Waals surface area contributed by atoms with Crippen LogP contribution in [0.2, 0.25) is 0 Å². The van der Waals surface area contributed by atoms with Crippen LogP contribution in [-0.4, -0.2) is 20.7 Å². The fourth-order valence-corrected chi connectivity index (χ4v) is 3.74. The van der Waals surface area contributed by atoms with Gasteiger partial charge in [-0.1, -0.05) is 47.5 Å². The molecule has 1 aromatic heterocycles. The van der Waals surface area contributed by atoms with Gasteiger partial charge in [-0.2, -0.15) is 0 Å². The van der Waals surface area contributed by atoms with Crippen molar-refractivity contribution in [3.8, 4) is 17.1 Å². The largest absolute Gasteiger partial charge is 0.319 e. The van der Waals surface area contributed by atoms with Crippen LogP contribution in [0, 0.1) is 12.7 Å². The monoisotopic (exact) mass is 492 g/mol. The summed E-state index contributed by atoms with van der Waals surface area (Å²) in [5.41, 5.74) is 4.23. The number of aromatic nitrogens is 3. The number of benzene rings is 3. The molecule has 3 aromatic carbocycles. The van der Waals surface area contributed by atoms with Crippen molar-refractivity contribution >= 4 is 27.5 Å². The molecule has 5 nitrogen and oxygen atoms in total. The van der Waals surface area contributed by atoms with E-state index in [9.17, 15) is 9.18 Å². The number of amides is 1. The Balaban J connectivity index is 1.75. The standard InChI is InChI=1S/C25H22BrFN4O/c1-15(2)21-14-18(26)8-13-22(21)28-25(32)23-29-24(17-6-9-19(27)10-7-17)31(30-23)20-11-4-16(3)5-12-20/h4-15H,1-3H3,(H,28,32). The van der Waals surface area contributed by atoms with Crippen LogP contribution in [0.25, 0.3) is 17.1 Å². The Morgan fingerprint density at radius 3 is 2.38 bits per heavy atom. The van der Waals surface area contributed by atoms with E-state index in [2.05, 4.69) is 45.2 Å². The second-order valence-corrected chi connectivity index (χ2v) is 8.77. The lowest BCUT2D eigenvalue weighted by Crippen LogP contribution is -2.16. The Morgan fingerprint density at radius 2 is 1.72 bits per heavy atom. The zero-order chi connectivity index (χ0) is 22.8. The number of rotatable bonds is 5. The van der Waals surface area contributed by atoms with E-state index >= 15 is 0 Å². The summed E-state index contributed by atoms with van der Waals surface area (Å²) in [5, 5.41) is 7.43. The Hall–Kier alpha value is -3.32. The number of carbonyl (C=O) groups is 1. The van der Waals surface area contributed by atoms with Gasteiger partial charge in [-0.05, 0) is 73.0 Å². The number of nitrogens with zero attached hydrogens (tertiary/aromatic N) is 3. The number of hydrogen-bond donors (Lipinski definition) is 1. The molecule has 1 N–H and O–H groups in total. The Labute approximate surface area is 194 Å². The van der Waals surface area contributed by atoms with Gasteiger partial charge in [0, 0.05) is 15.7 Å². The molecule has 0 aliphatic rings. The molecule has 0 radical (unpaired) electrons. The topological polar surface area (TPSA) is 59.8 Å². The highest BCUT2D eigenvalue weighted by molar-refractivity contribution is 9.10. The van der Waals surface area contributed by atoms with Crippen LogP contribution in [0.4, 0.5) is 10.1 Å². The lowest BCUT2D eigenvalue weighted by molar-refractivity contribution is 0.101. The molecule has 0 bridgehead atoms. The maximum absolute atomic E-state index is 13.5. The molecule has 0 aliphatic heterocycles. The van der Waals surface area contributed by atoms with Gasteiger partial charge in [0.2, 0.25) is 5.82 Å². The van der Waals surface area contributed by atoms with Gasteiger partial charge in [-0.25, -0.2) is 14.1 Å². The zero-order valence-corrected chi connectivity index (χ0v) is 19.5. The van der Waals surface area contributed by atoms with Gasteiger partial charge >= 0.3 is 0 Å². The van der Waals surface area contributed by atoms with Crippen molar-refractivity contribution in [3.05, 3.63) is 94.0 Å². The first-order chi connectivity index (χ1) is 15.3. The molecule has 0 fully saturated rings. The fourth-order valence-electron chi connectivity index (χ4n) is 3.36. The van der Waals surface area contributed by atoms with E-state index in [1.807, 2.05) is 49.4 Å². The van der Waals surface area contributed by atoms with Crippen molar-refractivity contribution in [1.82, 2.24) is 14.8 Å². The summed E-state index contributed by atoms with van der Waals surface area (Å²) in [7, 11) is 0. The van der Waals surface area contributed by atoms with Crippen LogP contribution in [0.5, 0.6) is 0 Å². The molecule has 0 atom stereocenters. The quantitative estimate of drug-likeness (QED) is 0.344. The molecule has 0 saturated heterocycles. The molecule has 0 saturated carbocycles. The Bertz CT molecular complexity index is 1200. The van der Waals surface area contributed by atoms with Crippen molar-refractivity contribution in [2.45, 2.75) is 26.7 Å². The summed E-state index contributed by atoms with van der Waals surface area (Å²) in [6.07, 6.45) is 0. The van der Waals surface area contributed by atoms with E-state index in [1.165, 1.54) is 12.1 Å². The van der Waals surface area contributed by atoms with E-state index in [4.69, 9.17) is 0 Å². The van der Waals surface area contributed by atoms with Gasteiger partial charge in [0.05, 0.1) is 5.69 Å². The summed E-state index contributed by atoms with van der Waals surface area (Å²) >= 11 is 3.48. The van der Waals surface area contributed by atoms with E-state index < -0.39 is 5.91 Å². The van der Waals surface area contributed by atoms with Crippen molar-refractivity contribution < 1.29 is 9.18 Å². The summed E-state index contributed by atoms with van der Waals surface area (Å²) < 4.78 is 16.0. The molecular formula is C25H22BrFN4O. The number of halogens is 2. The molecule has 0 aliphatic carbocycles. The first-order valence-electron chi connectivity index (χ1n) is 10.2. The van der Waals surface area contributed by atoms with E-state index in [0.29, 0.717) is 17.1 Å². The maximum atomic E-state index is 13.5. The molecule has 0 unspecified atom stereocenters. The average Bonchev–Trinajstić information content (AvgIpc) is 3.21. The van der Waals surface area contributed by atoms with Gasteiger partial charge < -0.3 is 5.32 Å². The summed E-state index contributed by atoms with van der Waals surface area (Å²) in [5.74, 6) is -0.0508. The third-order valence-corrected chi connectivity index (χ3v) is 5.57. The third kappa shape index (κ3) is 4.62. The minimum Gasteiger partial charge on any atom is -0.319 e. The highest BCUT2D eigenvalue weighted by Gasteiger charge is 2.20. The van der Waals surface area contributed by atoms with Crippen molar-refractivity contribution in [3.63, 3.8) is 0 Å². The number of anilines is 1. The molecular weight excluding hydrogens is 471 g/mol. The predicted octanol–water partition coefficient (Wildman–Crippen LogP) is 6.52. The first-order valence-corrected chi connectivity index (χ1v) is 11.0. The highest BCUT2D eigenvalue weighted by Crippen LogP contribution is 2.28. The van der Waals surface area contributed by atoms with E-state index in [1.54, 1.807) is 16.8 Å². The van der Waals surface area contributed by atoms with Crippen LogP contribution < -0.4 is 5.32 Å². The smallest absolute Gasteiger partial charge is 0.295 e. The lowest BCUT2D eigenvalue weighted by Gasteiger charge is -2.13. The van der Waals surface area contributed by atoms with Crippen LogP contribution in [0.1, 0.15) is 41.5 Å². The lowest BCUT2D eigenvalue weighted by atomic mass is 10.0. The van der Waals surface area contributed by atoms with Gasteiger partial charge in [0.25, 0.3) is 5.91 Å². The Morgan fingerprint density at radius 1 is 1.03 bits per heavy atom. The Kier molecular flexibility index (Phi) is 6.19. The molecule has 162 valence electrons. The number of hydrogen-bond acceptors (Lipinski definition) is 3. The zero-order valence-electron chi connectivity index (χ0n) is 17.9. The maximum Gasteiger partial charge on any atom is 0.295 e. The van der Waals surface area contributed by atoms with E-state index in [0.717, 1.165) is 21.3 Å². The molecule has 32 heavy (non-hydrogen) atoms. The first kappa shape index (κ1) is 21.9. The van der Waals surface area contributed by atoms with Gasteiger partial charge in [0.15, 0.2) is 5.82 Å². The molecule has 4 aromatic rings. The summed E-state index contributed by atoms with van der Waals surface area (Å²) in [4.78, 5) is 17.6. The van der Waals surface area contributed by atoms with Gasteiger partial charge in [-0.15, -0.1) is 5.10 Å². The minimum atomic E-state index is -0.413. The van der Waals surface area contributed by atoms with Gasteiger partial charge in [0.1, 0.15) is 5.82 Å². The van der Waals surface area contributed by atoms with Crippen LogP contribution in [0.15, 0.2) is 71.2 Å². The fraction of sp³-hybridized carbons (Fsp3) is 0.160. The van der Waals surface area contributed by atoms with E-state index in [-0.39, 0.29) is 17.6 Å².